The van der Waals surface area contributed by atoms with Crippen molar-refractivity contribution in [2.75, 3.05) is 14.2 Å². The fraction of sp³-hybridized carbons (Fsp3) is 0.529. The Bertz CT molecular complexity index is 856. The molecule has 0 saturated carbocycles. The Labute approximate surface area is 154 Å². The molecule has 1 unspecified atom stereocenters. The molecule has 9 heteroatoms. The zero-order valence-electron chi connectivity index (χ0n) is 16.0. The normalized spacial score (nSPS) is 13.6. The Balaban J connectivity index is 2.41. The predicted octanol–water partition coefficient (Wildman–Crippen LogP) is 1.97. The summed E-state index contributed by atoms with van der Waals surface area (Å²) in [4.78, 5) is 4.37. The van der Waals surface area contributed by atoms with Gasteiger partial charge in [-0.2, -0.15) is 4.98 Å². The van der Waals surface area contributed by atoms with Crippen LogP contribution in [-0.2, 0) is 16.4 Å². The molecule has 0 radical (unpaired) electrons. The quantitative estimate of drug-likeness (QED) is 0.754. The average molecular weight is 382 g/mol. The number of aromatic nitrogens is 2. The Kier molecular flexibility index (Phi) is 6.05. The third-order valence-corrected chi connectivity index (χ3v) is 5.37. The third-order valence-electron chi connectivity index (χ3n) is 3.59. The first-order valence-corrected chi connectivity index (χ1v) is 9.76. The molecule has 0 saturated heterocycles. The van der Waals surface area contributed by atoms with Crippen molar-refractivity contribution >= 4 is 10.0 Å². The molecular weight excluding hydrogens is 356 g/mol. The van der Waals surface area contributed by atoms with Crippen molar-refractivity contribution in [2.45, 2.75) is 50.6 Å². The Morgan fingerprint density at radius 3 is 2.58 bits per heavy atom. The number of hydrogen-bond acceptors (Lipinski definition) is 7. The first-order valence-electron chi connectivity index (χ1n) is 8.28. The average Bonchev–Trinajstić information content (AvgIpc) is 3.00. The monoisotopic (exact) mass is 382 g/mol. The van der Waals surface area contributed by atoms with Crippen molar-refractivity contribution in [1.82, 2.24) is 20.2 Å². The maximum atomic E-state index is 12.7. The van der Waals surface area contributed by atoms with E-state index in [2.05, 4.69) is 20.2 Å². The molecule has 0 amide bonds. The van der Waals surface area contributed by atoms with Crippen molar-refractivity contribution in [1.29, 1.82) is 0 Å². The zero-order chi connectivity index (χ0) is 19.5. The van der Waals surface area contributed by atoms with E-state index in [0.717, 1.165) is 0 Å². The van der Waals surface area contributed by atoms with Crippen LogP contribution < -0.4 is 14.8 Å². The fourth-order valence-electron chi connectivity index (χ4n) is 2.31. The summed E-state index contributed by atoms with van der Waals surface area (Å²) in [5.74, 6) is 1.06. The molecule has 26 heavy (non-hydrogen) atoms. The van der Waals surface area contributed by atoms with Gasteiger partial charge in [-0.25, -0.2) is 13.1 Å². The fourth-order valence-corrected chi connectivity index (χ4v) is 3.92. The van der Waals surface area contributed by atoms with E-state index in [0.29, 0.717) is 17.8 Å². The molecule has 2 N–H and O–H groups in total. The summed E-state index contributed by atoms with van der Waals surface area (Å²) in [5, 5.41) is 7.05. The van der Waals surface area contributed by atoms with Gasteiger partial charge in [-0.05, 0) is 52.9 Å². The van der Waals surface area contributed by atoms with Crippen LogP contribution in [0.1, 0.15) is 33.5 Å². The highest BCUT2D eigenvalue weighted by Gasteiger charge is 2.26. The van der Waals surface area contributed by atoms with Gasteiger partial charge in [0.1, 0.15) is 10.6 Å². The lowest BCUT2D eigenvalue weighted by Gasteiger charge is -2.21. The molecule has 1 atom stereocenters. The van der Waals surface area contributed by atoms with Gasteiger partial charge in [0.2, 0.25) is 10.0 Å². The first kappa shape index (κ1) is 20.3. The van der Waals surface area contributed by atoms with E-state index in [1.165, 1.54) is 13.2 Å². The molecule has 2 rings (SSSR count). The molecule has 1 aromatic carbocycles. The molecular formula is C17H26N4O4S. The molecule has 0 bridgehead atoms. The Morgan fingerprint density at radius 2 is 2.00 bits per heavy atom. The molecule has 2 aromatic rings. The van der Waals surface area contributed by atoms with Crippen LogP contribution in [0.3, 0.4) is 0 Å². The van der Waals surface area contributed by atoms with E-state index in [-0.39, 0.29) is 22.6 Å². The molecule has 144 valence electrons. The van der Waals surface area contributed by atoms with Crippen molar-refractivity contribution in [2.24, 2.45) is 0 Å². The smallest absolute Gasteiger partial charge is 0.257 e. The number of nitrogens with zero attached hydrogens (tertiary/aromatic N) is 2. The maximum Gasteiger partial charge on any atom is 0.257 e. The van der Waals surface area contributed by atoms with Gasteiger partial charge in [-0.15, -0.1) is 0 Å². The van der Waals surface area contributed by atoms with Gasteiger partial charge in [0.15, 0.2) is 5.82 Å². The number of methoxy groups -OCH3 is 1. The number of rotatable bonds is 7. The molecule has 0 aliphatic rings. The number of likely N-dealkylation sites (N-methyl/N-ethyl adjacent to an activating group) is 1. The maximum absolute atomic E-state index is 12.7. The van der Waals surface area contributed by atoms with Gasteiger partial charge in [0, 0.05) is 23.6 Å². The lowest BCUT2D eigenvalue weighted by atomic mass is 10.1. The van der Waals surface area contributed by atoms with Gasteiger partial charge in [0.25, 0.3) is 5.89 Å². The van der Waals surface area contributed by atoms with E-state index >= 15 is 0 Å². The highest BCUT2D eigenvalue weighted by molar-refractivity contribution is 7.89. The van der Waals surface area contributed by atoms with Crippen LogP contribution in [0.25, 0.3) is 11.5 Å². The molecule has 0 fully saturated rings. The topological polar surface area (TPSA) is 106 Å². The van der Waals surface area contributed by atoms with Crippen molar-refractivity contribution in [3.05, 3.63) is 24.0 Å². The van der Waals surface area contributed by atoms with E-state index in [1.807, 2.05) is 14.0 Å². The lowest BCUT2D eigenvalue weighted by molar-refractivity contribution is 0.400. The standard InChI is InChI=1S/C17H26N4O4S/c1-11(18-5)9-15-19-16(25-20-15)12-7-8-13(24-6)14(10-12)26(22,23)21-17(2,3)4/h7-8,10-11,18,21H,9H2,1-6H3. The molecule has 1 aromatic heterocycles. The van der Waals surface area contributed by atoms with E-state index in [1.54, 1.807) is 32.9 Å². The van der Waals surface area contributed by atoms with Gasteiger partial charge >= 0.3 is 0 Å². The Hall–Kier alpha value is -1.97. The van der Waals surface area contributed by atoms with E-state index < -0.39 is 15.6 Å². The summed E-state index contributed by atoms with van der Waals surface area (Å²) in [7, 11) is -0.501. The highest BCUT2D eigenvalue weighted by atomic mass is 32.2. The number of ether oxygens (including phenoxy) is 1. The van der Waals surface area contributed by atoms with Crippen LogP contribution in [0.2, 0.25) is 0 Å². The third kappa shape index (κ3) is 5.03. The summed E-state index contributed by atoms with van der Waals surface area (Å²) >= 11 is 0. The summed E-state index contributed by atoms with van der Waals surface area (Å²) < 4.78 is 38.6. The van der Waals surface area contributed by atoms with Crippen LogP contribution >= 0.6 is 0 Å². The van der Waals surface area contributed by atoms with Crippen molar-refractivity contribution in [3.63, 3.8) is 0 Å². The number of sulfonamides is 1. The predicted molar refractivity (Wildman–Crippen MR) is 98.6 cm³/mol. The molecule has 8 nitrogen and oxygen atoms in total. The minimum atomic E-state index is -3.78. The van der Waals surface area contributed by atoms with Crippen LogP contribution in [0.15, 0.2) is 27.6 Å². The van der Waals surface area contributed by atoms with Crippen LogP contribution in [0, 0.1) is 0 Å². The van der Waals surface area contributed by atoms with E-state index in [4.69, 9.17) is 9.26 Å². The molecule has 1 heterocycles. The van der Waals surface area contributed by atoms with E-state index in [9.17, 15) is 8.42 Å². The van der Waals surface area contributed by atoms with Crippen molar-refractivity contribution < 1.29 is 17.7 Å². The second-order valence-corrected chi connectivity index (χ2v) is 8.78. The number of hydrogen-bond donors (Lipinski definition) is 2. The summed E-state index contributed by atoms with van der Waals surface area (Å²) in [6.07, 6.45) is 0.604. The number of benzene rings is 1. The molecule has 0 spiro atoms. The van der Waals surface area contributed by atoms with Gasteiger partial charge < -0.3 is 14.6 Å². The first-order chi connectivity index (χ1) is 12.1. The molecule has 0 aliphatic carbocycles. The summed E-state index contributed by atoms with van der Waals surface area (Å²) in [5.41, 5.74) is -0.114. The minimum absolute atomic E-state index is 0.0239. The van der Waals surface area contributed by atoms with Gasteiger partial charge in [-0.3, -0.25) is 0 Å². The largest absolute Gasteiger partial charge is 0.495 e. The van der Waals surface area contributed by atoms with Crippen molar-refractivity contribution in [3.8, 4) is 17.2 Å². The highest BCUT2D eigenvalue weighted by Crippen LogP contribution is 2.30. The number of nitrogens with one attached hydrogen (secondary N) is 2. The van der Waals surface area contributed by atoms with Crippen LogP contribution in [0.4, 0.5) is 0 Å². The second kappa shape index (κ2) is 7.73. The Morgan fingerprint density at radius 1 is 1.31 bits per heavy atom. The van der Waals surface area contributed by atoms with Gasteiger partial charge in [0.05, 0.1) is 7.11 Å². The zero-order valence-corrected chi connectivity index (χ0v) is 16.8. The van der Waals surface area contributed by atoms with Crippen LogP contribution in [0.5, 0.6) is 5.75 Å². The lowest BCUT2D eigenvalue weighted by Crippen LogP contribution is -2.40. The summed E-state index contributed by atoms with van der Waals surface area (Å²) in [6, 6.07) is 4.94. The minimum Gasteiger partial charge on any atom is -0.495 e. The summed E-state index contributed by atoms with van der Waals surface area (Å²) in [6.45, 7) is 7.32. The SMILES string of the molecule is CNC(C)Cc1noc(-c2ccc(OC)c(S(=O)(=O)NC(C)(C)C)c2)n1. The second-order valence-electron chi connectivity index (χ2n) is 7.13. The van der Waals surface area contributed by atoms with Crippen LogP contribution in [-0.4, -0.2) is 44.3 Å². The van der Waals surface area contributed by atoms with Gasteiger partial charge in [-0.1, -0.05) is 5.16 Å². The molecule has 0 aliphatic heterocycles.